The zero-order valence-electron chi connectivity index (χ0n) is 34.6. The Balaban J connectivity index is 1.04. The van der Waals surface area contributed by atoms with Crippen molar-refractivity contribution in [3.8, 4) is 39.3 Å². The summed E-state index contributed by atoms with van der Waals surface area (Å²) in [7, 11) is 0. The molecule has 0 amide bonds. The van der Waals surface area contributed by atoms with Crippen molar-refractivity contribution >= 4 is 87.4 Å². The quantitative estimate of drug-likeness (QED) is 0.170. The third-order valence-corrected chi connectivity index (χ3v) is 13.4. The third-order valence-electron chi connectivity index (χ3n) is 13.4. The van der Waals surface area contributed by atoms with Crippen LogP contribution in [0.25, 0.3) is 127 Å². The minimum absolute atomic E-state index is 0.855. The number of nitrogens with zero attached hydrogens (tertiary/aromatic N) is 3. The van der Waals surface area contributed by atoms with Gasteiger partial charge in [-0.1, -0.05) is 140 Å². The fourth-order valence-electron chi connectivity index (χ4n) is 10.6. The van der Waals surface area contributed by atoms with Gasteiger partial charge in [0.25, 0.3) is 0 Å². The maximum atomic E-state index is 7.06. The molecule has 0 bridgehead atoms. The summed E-state index contributed by atoms with van der Waals surface area (Å²) in [4.78, 5) is 0. The molecule has 0 radical (unpaired) electrons. The van der Waals surface area contributed by atoms with E-state index in [0.29, 0.717) is 0 Å². The number of benzene rings is 10. The summed E-state index contributed by atoms with van der Waals surface area (Å²) in [5.41, 5.74) is 16.6. The first-order chi connectivity index (χ1) is 31.8. The first-order valence-electron chi connectivity index (χ1n) is 21.9. The molecule has 0 spiro atoms. The van der Waals surface area contributed by atoms with Crippen LogP contribution in [0, 0.1) is 0 Å². The van der Waals surface area contributed by atoms with Crippen LogP contribution in [0.4, 0.5) is 0 Å². The molecule has 0 aliphatic heterocycles. The van der Waals surface area contributed by atoms with Crippen molar-refractivity contribution in [2.24, 2.45) is 0 Å². The number of rotatable bonds is 5. The predicted octanol–water partition coefficient (Wildman–Crippen LogP) is 16.2. The monoisotopic (exact) mass is 815 g/mol. The Labute approximate surface area is 367 Å². The van der Waals surface area contributed by atoms with Gasteiger partial charge in [-0.25, -0.2) is 0 Å². The van der Waals surface area contributed by atoms with Gasteiger partial charge in [0.1, 0.15) is 5.58 Å². The van der Waals surface area contributed by atoms with E-state index in [-0.39, 0.29) is 0 Å². The van der Waals surface area contributed by atoms with Crippen molar-refractivity contribution in [2.75, 3.05) is 0 Å². The second-order valence-electron chi connectivity index (χ2n) is 16.9. The fraction of sp³-hybridized carbons (Fsp3) is 0. The van der Waals surface area contributed by atoms with Crippen LogP contribution in [0.5, 0.6) is 0 Å². The Morgan fingerprint density at radius 3 is 1.34 bits per heavy atom. The predicted molar refractivity (Wildman–Crippen MR) is 268 cm³/mol. The molecule has 14 rings (SSSR count). The average Bonchev–Trinajstić information content (AvgIpc) is 4.10. The first-order valence-corrected chi connectivity index (χ1v) is 21.9. The van der Waals surface area contributed by atoms with Crippen molar-refractivity contribution in [1.82, 2.24) is 13.7 Å². The number of aromatic nitrogens is 3. The van der Waals surface area contributed by atoms with E-state index in [1.165, 1.54) is 54.4 Å². The molecule has 4 heterocycles. The molecule has 0 aliphatic rings. The maximum Gasteiger partial charge on any atom is 0.159 e. The molecule has 0 aliphatic carbocycles. The molecule has 0 fully saturated rings. The van der Waals surface area contributed by atoms with Gasteiger partial charge in [-0.15, -0.1) is 0 Å². The molecule has 4 aromatic heterocycles. The summed E-state index contributed by atoms with van der Waals surface area (Å²) in [6.45, 7) is 0. The highest BCUT2D eigenvalue weighted by Crippen LogP contribution is 2.44. The van der Waals surface area contributed by atoms with Crippen molar-refractivity contribution in [2.45, 2.75) is 0 Å². The van der Waals surface area contributed by atoms with Gasteiger partial charge in [0, 0.05) is 54.3 Å². The summed E-state index contributed by atoms with van der Waals surface area (Å²) >= 11 is 0. The van der Waals surface area contributed by atoms with E-state index in [1.807, 2.05) is 0 Å². The van der Waals surface area contributed by atoms with Gasteiger partial charge < -0.3 is 18.1 Å². The van der Waals surface area contributed by atoms with Gasteiger partial charge in [-0.3, -0.25) is 0 Å². The SMILES string of the molecule is c1ccc(-n2c3ccccc3c3cc(-c4cc(-n5c6ccccc6c6ccccc65)c5oc6ccc(-c7ccccc7-n7c8ccccc8c8ccccc87)cc6c5c4)ccc32)cc1. The molecule has 0 atom stereocenters. The lowest BCUT2D eigenvalue weighted by molar-refractivity contribution is 0.666. The minimum Gasteiger partial charge on any atom is -0.454 e. The largest absolute Gasteiger partial charge is 0.454 e. The Morgan fingerprint density at radius 2 is 0.719 bits per heavy atom. The molecule has 0 saturated carbocycles. The van der Waals surface area contributed by atoms with Crippen molar-refractivity contribution in [3.05, 3.63) is 224 Å². The Bertz CT molecular complexity index is 4090. The smallest absolute Gasteiger partial charge is 0.159 e. The maximum absolute atomic E-state index is 7.06. The summed E-state index contributed by atoms with van der Waals surface area (Å²) in [6.07, 6.45) is 0. The van der Waals surface area contributed by atoms with Gasteiger partial charge in [0.15, 0.2) is 5.58 Å². The summed E-state index contributed by atoms with van der Waals surface area (Å²) < 4.78 is 14.3. The lowest BCUT2D eigenvalue weighted by Crippen LogP contribution is -1.97. The van der Waals surface area contributed by atoms with E-state index in [4.69, 9.17) is 4.42 Å². The number of para-hydroxylation sites is 7. The highest BCUT2D eigenvalue weighted by Gasteiger charge is 2.22. The molecule has 14 aromatic rings. The number of hydrogen-bond acceptors (Lipinski definition) is 1. The van der Waals surface area contributed by atoms with Crippen LogP contribution < -0.4 is 0 Å². The molecule has 10 aromatic carbocycles. The van der Waals surface area contributed by atoms with E-state index >= 15 is 0 Å². The molecule has 4 heteroatoms. The zero-order valence-corrected chi connectivity index (χ0v) is 34.6. The second-order valence-corrected chi connectivity index (χ2v) is 16.9. The van der Waals surface area contributed by atoms with Crippen molar-refractivity contribution in [1.29, 1.82) is 0 Å². The fourth-order valence-corrected chi connectivity index (χ4v) is 10.6. The number of hydrogen-bond donors (Lipinski definition) is 0. The van der Waals surface area contributed by atoms with E-state index < -0.39 is 0 Å². The van der Waals surface area contributed by atoms with E-state index in [9.17, 15) is 0 Å². The van der Waals surface area contributed by atoms with Gasteiger partial charge in [0.05, 0.1) is 44.5 Å². The van der Waals surface area contributed by atoms with E-state index in [0.717, 1.165) is 72.3 Å². The molecule has 298 valence electrons. The summed E-state index contributed by atoms with van der Waals surface area (Å²) in [5.74, 6) is 0. The lowest BCUT2D eigenvalue weighted by Gasteiger charge is -2.14. The topological polar surface area (TPSA) is 27.9 Å². The van der Waals surface area contributed by atoms with Crippen LogP contribution in [0.1, 0.15) is 0 Å². The average molecular weight is 816 g/mol. The first kappa shape index (κ1) is 35.0. The minimum atomic E-state index is 0.855. The van der Waals surface area contributed by atoms with Crippen molar-refractivity contribution < 1.29 is 4.42 Å². The molecular weight excluding hydrogens is 779 g/mol. The normalized spacial score (nSPS) is 12.1. The van der Waals surface area contributed by atoms with E-state index in [1.54, 1.807) is 0 Å². The molecular formula is C60H37N3O. The van der Waals surface area contributed by atoms with Crippen LogP contribution in [-0.4, -0.2) is 13.7 Å². The molecule has 0 unspecified atom stereocenters. The molecule has 0 N–H and O–H groups in total. The molecule has 64 heavy (non-hydrogen) atoms. The third kappa shape index (κ3) is 4.99. The molecule has 4 nitrogen and oxygen atoms in total. The van der Waals surface area contributed by atoms with Crippen LogP contribution >= 0.6 is 0 Å². The van der Waals surface area contributed by atoms with E-state index in [2.05, 4.69) is 238 Å². The van der Waals surface area contributed by atoms with Gasteiger partial charge in [0.2, 0.25) is 0 Å². The summed E-state index contributed by atoms with van der Waals surface area (Å²) in [5, 5.41) is 9.53. The highest BCUT2D eigenvalue weighted by molar-refractivity contribution is 6.16. The van der Waals surface area contributed by atoms with Crippen molar-refractivity contribution in [3.63, 3.8) is 0 Å². The lowest BCUT2D eigenvalue weighted by atomic mass is 9.97. The van der Waals surface area contributed by atoms with Crippen LogP contribution in [0.2, 0.25) is 0 Å². The number of fused-ring (bicyclic) bond motifs is 12. The molecule has 0 saturated heterocycles. The highest BCUT2D eigenvalue weighted by atomic mass is 16.3. The van der Waals surface area contributed by atoms with Crippen LogP contribution in [0.15, 0.2) is 229 Å². The Kier molecular flexibility index (Phi) is 7.36. The van der Waals surface area contributed by atoms with Gasteiger partial charge in [-0.05, 0) is 102 Å². The van der Waals surface area contributed by atoms with Gasteiger partial charge in [-0.2, -0.15) is 0 Å². The summed E-state index contributed by atoms with van der Waals surface area (Å²) in [6, 6.07) is 81.4. The zero-order chi connectivity index (χ0) is 41.9. The van der Waals surface area contributed by atoms with Gasteiger partial charge >= 0.3 is 0 Å². The standard InChI is InChI=1S/C60H37N3O/c1-2-16-41(17-3-1)61-52-25-11-9-23-47(52)48-34-38(30-32-57(48)61)40-36-50-49-35-39(42-18-4-10-24-51(42)62-53-26-12-5-19-43(53)44-20-6-13-27-54(44)62)31-33-59(49)64-60(50)58(37-40)63-55-28-14-7-21-45(55)46-22-8-15-29-56(46)63/h1-37H. The Morgan fingerprint density at radius 1 is 0.266 bits per heavy atom. The Hall–Kier alpha value is -8.60. The number of furan rings is 1. The second kappa shape index (κ2) is 13.4. The van der Waals surface area contributed by atoms with Crippen LogP contribution in [0.3, 0.4) is 0 Å². The van der Waals surface area contributed by atoms with Crippen LogP contribution in [-0.2, 0) is 0 Å².